The second-order valence-corrected chi connectivity index (χ2v) is 4.46. The molecule has 18 heavy (non-hydrogen) atoms. The quantitative estimate of drug-likeness (QED) is 0.747. The molecular formula is C15H10F2O. The molecule has 3 heteroatoms. The molecule has 0 heterocycles. The van der Waals surface area contributed by atoms with Crippen molar-refractivity contribution >= 4 is 5.78 Å². The number of rotatable bonds is 1. The smallest absolute Gasteiger partial charge is 0.164 e. The molecule has 0 unspecified atom stereocenters. The molecule has 0 spiro atoms. The van der Waals surface area contributed by atoms with Crippen LogP contribution in [0.1, 0.15) is 33.8 Å². The van der Waals surface area contributed by atoms with E-state index < -0.39 is 0 Å². The monoisotopic (exact) mass is 244 g/mol. The average Bonchev–Trinajstić information content (AvgIpc) is 2.67. The number of Topliss-reactive ketones (excluding diaryl/α,β-unsaturated/α-hetero) is 1. The van der Waals surface area contributed by atoms with Crippen LogP contribution in [0.25, 0.3) is 0 Å². The Kier molecular flexibility index (Phi) is 2.47. The van der Waals surface area contributed by atoms with Crippen LogP contribution in [-0.4, -0.2) is 5.78 Å². The van der Waals surface area contributed by atoms with Gasteiger partial charge >= 0.3 is 0 Å². The van der Waals surface area contributed by atoms with Crippen molar-refractivity contribution in [2.24, 2.45) is 0 Å². The number of ketones is 1. The Hall–Kier alpha value is -2.03. The standard InChI is InChI=1S/C15H10F2O/c16-10-3-1-9(2-4-10)13-8-15(18)12-6-5-11(17)7-14(12)13/h1-7,13H,8H2/t13-/m0/s1. The van der Waals surface area contributed by atoms with E-state index in [1.807, 2.05) is 0 Å². The van der Waals surface area contributed by atoms with E-state index in [0.717, 1.165) is 5.56 Å². The normalized spacial score (nSPS) is 17.9. The van der Waals surface area contributed by atoms with Crippen molar-refractivity contribution in [3.05, 3.63) is 70.8 Å². The summed E-state index contributed by atoms with van der Waals surface area (Å²) < 4.78 is 26.2. The second kappa shape index (κ2) is 4.02. The number of hydrogen-bond donors (Lipinski definition) is 0. The Balaban J connectivity index is 2.09. The molecule has 1 aliphatic rings. The Morgan fingerprint density at radius 2 is 1.61 bits per heavy atom. The van der Waals surface area contributed by atoms with E-state index in [1.54, 1.807) is 12.1 Å². The van der Waals surface area contributed by atoms with Crippen LogP contribution >= 0.6 is 0 Å². The van der Waals surface area contributed by atoms with E-state index >= 15 is 0 Å². The minimum atomic E-state index is -0.351. The molecular weight excluding hydrogens is 234 g/mol. The molecule has 0 aromatic heterocycles. The summed E-state index contributed by atoms with van der Waals surface area (Å²) in [5.74, 6) is -0.818. The van der Waals surface area contributed by atoms with Crippen LogP contribution in [0.4, 0.5) is 8.78 Å². The maximum atomic E-state index is 13.3. The van der Waals surface area contributed by atoms with Crippen LogP contribution in [0.5, 0.6) is 0 Å². The van der Waals surface area contributed by atoms with Gasteiger partial charge in [-0.3, -0.25) is 4.79 Å². The zero-order chi connectivity index (χ0) is 12.7. The first-order chi connectivity index (χ1) is 8.65. The van der Waals surface area contributed by atoms with Gasteiger partial charge in [0, 0.05) is 17.9 Å². The van der Waals surface area contributed by atoms with Crippen LogP contribution in [0, 0.1) is 11.6 Å². The topological polar surface area (TPSA) is 17.1 Å². The predicted octanol–water partition coefficient (Wildman–Crippen LogP) is 3.68. The fraction of sp³-hybridized carbons (Fsp3) is 0.133. The molecule has 1 atom stereocenters. The first-order valence-corrected chi connectivity index (χ1v) is 5.73. The van der Waals surface area contributed by atoms with Gasteiger partial charge in [0.1, 0.15) is 11.6 Å². The Labute approximate surface area is 103 Å². The van der Waals surface area contributed by atoms with Crippen LogP contribution in [0.3, 0.4) is 0 Å². The van der Waals surface area contributed by atoms with Crippen LogP contribution < -0.4 is 0 Å². The molecule has 0 N–H and O–H groups in total. The van der Waals surface area contributed by atoms with Crippen molar-refractivity contribution in [3.8, 4) is 0 Å². The summed E-state index contributed by atoms with van der Waals surface area (Å²) in [6.45, 7) is 0. The Morgan fingerprint density at radius 1 is 0.944 bits per heavy atom. The molecule has 1 aliphatic carbocycles. The molecule has 0 saturated carbocycles. The first-order valence-electron chi connectivity index (χ1n) is 5.73. The minimum absolute atomic E-state index is 0.0133. The highest BCUT2D eigenvalue weighted by Crippen LogP contribution is 2.38. The Bertz CT molecular complexity index is 617. The van der Waals surface area contributed by atoms with E-state index in [2.05, 4.69) is 0 Å². The number of fused-ring (bicyclic) bond motifs is 1. The molecule has 2 aromatic rings. The van der Waals surface area contributed by atoms with Crippen molar-refractivity contribution in [2.75, 3.05) is 0 Å². The summed E-state index contributed by atoms with van der Waals surface area (Å²) in [6.07, 6.45) is 0.324. The van der Waals surface area contributed by atoms with E-state index in [4.69, 9.17) is 0 Å². The van der Waals surface area contributed by atoms with Gasteiger partial charge < -0.3 is 0 Å². The molecule has 3 rings (SSSR count). The lowest BCUT2D eigenvalue weighted by molar-refractivity contribution is 0.0991. The number of hydrogen-bond acceptors (Lipinski definition) is 1. The average molecular weight is 244 g/mol. The van der Waals surface area contributed by atoms with Crippen LogP contribution in [-0.2, 0) is 0 Å². The highest BCUT2D eigenvalue weighted by atomic mass is 19.1. The first kappa shape index (κ1) is 11.1. The van der Waals surface area contributed by atoms with Crippen molar-refractivity contribution in [1.82, 2.24) is 0 Å². The zero-order valence-corrected chi connectivity index (χ0v) is 9.49. The lowest BCUT2D eigenvalue weighted by atomic mass is 9.93. The van der Waals surface area contributed by atoms with Gasteiger partial charge in [-0.1, -0.05) is 12.1 Å². The van der Waals surface area contributed by atoms with Crippen molar-refractivity contribution in [2.45, 2.75) is 12.3 Å². The number of carbonyl (C=O) groups excluding carboxylic acids is 1. The van der Waals surface area contributed by atoms with E-state index in [0.29, 0.717) is 17.5 Å². The summed E-state index contributed by atoms with van der Waals surface area (Å²) in [6, 6.07) is 10.2. The summed E-state index contributed by atoms with van der Waals surface area (Å²) in [7, 11) is 0. The molecule has 0 fully saturated rings. The van der Waals surface area contributed by atoms with E-state index in [-0.39, 0.29) is 23.3 Å². The Morgan fingerprint density at radius 3 is 2.33 bits per heavy atom. The van der Waals surface area contributed by atoms with Crippen molar-refractivity contribution in [1.29, 1.82) is 0 Å². The summed E-state index contributed by atoms with van der Waals surface area (Å²) in [4.78, 5) is 11.8. The molecule has 90 valence electrons. The van der Waals surface area contributed by atoms with Gasteiger partial charge in [-0.15, -0.1) is 0 Å². The van der Waals surface area contributed by atoms with Crippen LogP contribution in [0.2, 0.25) is 0 Å². The summed E-state index contributed by atoms with van der Waals surface area (Å²) in [5, 5.41) is 0. The lowest BCUT2D eigenvalue weighted by Gasteiger charge is -2.11. The van der Waals surface area contributed by atoms with Gasteiger partial charge in [0.25, 0.3) is 0 Å². The number of halogens is 2. The van der Waals surface area contributed by atoms with Crippen molar-refractivity contribution in [3.63, 3.8) is 0 Å². The van der Waals surface area contributed by atoms with Gasteiger partial charge in [-0.05, 0) is 41.5 Å². The molecule has 0 saturated heterocycles. The largest absolute Gasteiger partial charge is 0.294 e. The van der Waals surface area contributed by atoms with Gasteiger partial charge in [0.05, 0.1) is 0 Å². The highest BCUT2D eigenvalue weighted by molar-refractivity contribution is 6.01. The third kappa shape index (κ3) is 1.72. The minimum Gasteiger partial charge on any atom is -0.294 e. The molecule has 0 radical (unpaired) electrons. The third-order valence-electron chi connectivity index (χ3n) is 3.35. The predicted molar refractivity (Wildman–Crippen MR) is 63.6 cm³/mol. The SMILES string of the molecule is O=C1C[C@@H](c2ccc(F)cc2)c2cc(F)ccc21. The van der Waals surface area contributed by atoms with Gasteiger partial charge in [-0.2, -0.15) is 0 Å². The number of benzene rings is 2. The fourth-order valence-electron chi connectivity index (χ4n) is 2.47. The second-order valence-electron chi connectivity index (χ2n) is 4.46. The maximum Gasteiger partial charge on any atom is 0.164 e. The molecule has 2 aromatic carbocycles. The summed E-state index contributed by atoms with van der Waals surface area (Å²) >= 11 is 0. The fourth-order valence-corrected chi connectivity index (χ4v) is 2.47. The molecule has 0 amide bonds. The van der Waals surface area contributed by atoms with Gasteiger partial charge in [0.15, 0.2) is 5.78 Å². The van der Waals surface area contributed by atoms with Crippen molar-refractivity contribution < 1.29 is 13.6 Å². The summed E-state index contributed by atoms with van der Waals surface area (Å²) in [5.41, 5.74) is 2.12. The van der Waals surface area contributed by atoms with E-state index in [1.165, 1.54) is 30.3 Å². The van der Waals surface area contributed by atoms with Gasteiger partial charge in [0.2, 0.25) is 0 Å². The van der Waals surface area contributed by atoms with E-state index in [9.17, 15) is 13.6 Å². The third-order valence-corrected chi connectivity index (χ3v) is 3.35. The maximum absolute atomic E-state index is 13.3. The molecule has 0 aliphatic heterocycles. The molecule has 1 nitrogen and oxygen atoms in total. The molecule has 0 bridgehead atoms. The van der Waals surface area contributed by atoms with Gasteiger partial charge in [-0.25, -0.2) is 8.78 Å². The number of carbonyl (C=O) groups is 1. The lowest BCUT2D eigenvalue weighted by Crippen LogP contribution is -1.97. The van der Waals surface area contributed by atoms with Crippen LogP contribution in [0.15, 0.2) is 42.5 Å². The zero-order valence-electron chi connectivity index (χ0n) is 9.49. The highest BCUT2D eigenvalue weighted by Gasteiger charge is 2.30.